The lowest BCUT2D eigenvalue weighted by atomic mass is 9.99. The van der Waals surface area contributed by atoms with Crippen molar-refractivity contribution in [3.63, 3.8) is 0 Å². The quantitative estimate of drug-likeness (QED) is 0.0857. The van der Waals surface area contributed by atoms with Gasteiger partial charge in [0.05, 0.1) is 5.69 Å². The molecule has 0 unspecified atom stereocenters. The van der Waals surface area contributed by atoms with Gasteiger partial charge in [0.2, 0.25) is 0 Å². The van der Waals surface area contributed by atoms with E-state index in [0.29, 0.717) is 41.6 Å². The van der Waals surface area contributed by atoms with Crippen LogP contribution in [0.5, 0.6) is 5.75 Å². The molecule has 0 aliphatic heterocycles. The number of aromatic nitrogens is 1. The fourth-order valence-electron chi connectivity index (χ4n) is 4.94. The summed E-state index contributed by atoms with van der Waals surface area (Å²) in [5, 5.41) is 0. The zero-order valence-electron chi connectivity index (χ0n) is 24.1. The van der Waals surface area contributed by atoms with Crippen LogP contribution in [0.15, 0.2) is 79.0 Å². The summed E-state index contributed by atoms with van der Waals surface area (Å²) in [6.45, 7) is 2.10. The second-order valence-corrected chi connectivity index (χ2v) is 10.5. The summed E-state index contributed by atoms with van der Waals surface area (Å²) in [4.78, 5) is 4.36. The van der Waals surface area contributed by atoms with Gasteiger partial charge in [-0.2, -0.15) is 8.78 Å². The third kappa shape index (κ3) is 6.88. The van der Waals surface area contributed by atoms with E-state index in [9.17, 15) is 35.1 Å². The molecule has 0 aliphatic rings. The number of hydrogen-bond donors (Lipinski definition) is 0. The van der Waals surface area contributed by atoms with Crippen molar-refractivity contribution in [3.8, 4) is 39.3 Å². The summed E-state index contributed by atoms with van der Waals surface area (Å²) in [6.07, 6.45) is 1.06. The second-order valence-electron chi connectivity index (χ2n) is 10.5. The van der Waals surface area contributed by atoms with E-state index in [1.807, 2.05) is 6.07 Å². The third-order valence-electron chi connectivity index (χ3n) is 7.28. The van der Waals surface area contributed by atoms with Crippen molar-refractivity contribution in [2.24, 2.45) is 0 Å². The van der Waals surface area contributed by atoms with Crippen LogP contribution in [0.1, 0.15) is 37.3 Å². The number of ether oxygens (including phenoxy) is 1. The van der Waals surface area contributed by atoms with Crippen LogP contribution in [0.25, 0.3) is 33.5 Å². The van der Waals surface area contributed by atoms with Gasteiger partial charge >= 0.3 is 6.11 Å². The Hall–Kier alpha value is -4.80. The van der Waals surface area contributed by atoms with Crippen molar-refractivity contribution in [2.45, 2.75) is 38.7 Å². The van der Waals surface area contributed by atoms with Gasteiger partial charge in [-0.3, -0.25) is 4.98 Å². The first-order chi connectivity index (χ1) is 21.9. The lowest BCUT2D eigenvalue weighted by molar-refractivity contribution is -0.189. The average Bonchev–Trinajstić information content (AvgIpc) is 2.99. The van der Waals surface area contributed by atoms with Crippen LogP contribution in [-0.2, 0) is 12.5 Å². The van der Waals surface area contributed by atoms with Crippen molar-refractivity contribution in [1.82, 2.24) is 4.98 Å². The van der Waals surface area contributed by atoms with Gasteiger partial charge in [0.15, 0.2) is 17.5 Å². The molecule has 0 N–H and O–H groups in total. The number of pyridine rings is 1. The fourth-order valence-corrected chi connectivity index (χ4v) is 4.94. The Bertz CT molecular complexity index is 1840. The SMILES string of the molecule is CCCCCc1ccc(-c2ccc(-c3cc(F)c(C(F)(F)Oc4ccc(-c5cc(F)c(F)c(F)c5)c(F)c4)c(F)c3)c(F)c2)nc1. The zero-order chi connectivity index (χ0) is 33.2. The highest BCUT2D eigenvalue weighted by Gasteiger charge is 2.41. The molecule has 0 aliphatic carbocycles. The van der Waals surface area contributed by atoms with Gasteiger partial charge in [0.25, 0.3) is 0 Å². The van der Waals surface area contributed by atoms with Gasteiger partial charge in [-0.15, -0.1) is 0 Å². The first kappa shape index (κ1) is 32.6. The maximum absolute atomic E-state index is 15.1. The van der Waals surface area contributed by atoms with E-state index in [1.54, 1.807) is 12.3 Å². The number of rotatable bonds is 10. The number of benzene rings is 4. The van der Waals surface area contributed by atoms with E-state index in [0.717, 1.165) is 49.4 Å². The molecule has 46 heavy (non-hydrogen) atoms. The molecule has 0 fully saturated rings. The summed E-state index contributed by atoms with van der Waals surface area (Å²) in [7, 11) is 0. The van der Waals surface area contributed by atoms with Crippen molar-refractivity contribution in [1.29, 1.82) is 0 Å². The number of nitrogens with zero attached hydrogens (tertiary/aromatic N) is 1. The number of aryl methyl sites for hydroxylation is 1. The van der Waals surface area contributed by atoms with Gasteiger partial charge in [-0.1, -0.05) is 38.0 Å². The highest BCUT2D eigenvalue weighted by molar-refractivity contribution is 5.70. The molecular formula is C35H24F9NO. The summed E-state index contributed by atoms with van der Waals surface area (Å²) in [5.41, 5.74) is -1.48. The maximum Gasteiger partial charge on any atom is 0.432 e. The molecule has 0 amide bonds. The molecular weight excluding hydrogens is 621 g/mol. The molecule has 238 valence electrons. The van der Waals surface area contributed by atoms with Crippen molar-refractivity contribution in [3.05, 3.63) is 131 Å². The van der Waals surface area contributed by atoms with Crippen LogP contribution in [0.2, 0.25) is 0 Å². The Balaban J connectivity index is 1.36. The number of alkyl halides is 2. The van der Waals surface area contributed by atoms with Gasteiger partial charge in [0, 0.05) is 29.0 Å². The van der Waals surface area contributed by atoms with Crippen LogP contribution in [0.4, 0.5) is 39.5 Å². The molecule has 5 rings (SSSR count). The standard InChI is InChI=1S/C35H24F9NO/c1-2-3-4-5-19-6-11-32(45-18-19)20-7-9-24(26(36)12-20)21-13-28(38)33(29(39)14-21)35(43,44)46-23-8-10-25(27(37)17-23)22-15-30(40)34(42)31(41)16-22/h6-18H,2-5H2,1H3. The van der Waals surface area contributed by atoms with Crippen LogP contribution in [-0.4, -0.2) is 4.98 Å². The molecule has 0 atom stereocenters. The smallest absolute Gasteiger partial charge is 0.429 e. The minimum Gasteiger partial charge on any atom is -0.429 e. The van der Waals surface area contributed by atoms with Crippen LogP contribution in [0.3, 0.4) is 0 Å². The lowest BCUT2D eigenvalue weighted by Gasteiger charge is -2.20. The molecule has 0 spiro atoms. The molecule has 0 bridgehead atoms. The zero-order valence-corrected chi connectivity index (χ0v) is 24.1. The predicted molar refractivity (Wildman–Crippen MR) is 154 cm³/mol. The number of halogens is 9. The van der Waals surface area contributed by atoms with E-state index < -0.39 is 69.3 Å². The largest absolute Gasteiger partial charge is 0.432 e. The second kappa shape index (κ2) is 13.3. The third-order valence-corrected chi connectivity index (χ3v) is 7.28. The van der Waals surface area contributed by atoms with Crippen molar-refractivity contribution in [2.75, 3.05) is 0 Å². The van der Waals surface area contributed by atoms with Gasteiger partial charge in [-0.05, 0) is 78.1 Å². The van der Waals surface area contributed by atoms with E-state index in [-0.39, 0.29) is 11.1 Å². The minimum absolute atomic E-state index is 0.264. The summed E-state index contributed by atoms with van der Waals surface area (Å²) >= 11 is 0. The van der Waals surface area contributed by atoms with Crippen LogP contribution < -0.4 is 4.74 Å². The summed E-state index contributed by atoms with van der Waals surface area (Å²) < 4.78 is 135. The van der Waals surface area contributed by atoms with Crippen molar-refractivity contribution >= 4 is 0 Å². The lowest BCUT2D eigenvalue weighted by Crippen LogP contribution is -2.25. The molecule has 0 saturated heterocycles. The number of unbranched alkanes of at least 4 members (excludes halogenated alkanes) is 2. The molecule has 2 nitrogen and oxygen atoms in total. The highest BCUT2D eigenvalue weighted by atomic mass is 19.3. The van der Waals surface area contributed by atoms with Gasteiger partial charge < -0.3 is 4.74 Å². The first-order valence-corrected chi connectivity index (χ1v) is 14.1. The first-order valence-electron chi connectivity index (χ1n) is 14.1. The topological polar surface area (TPSA) is 22.1 Å². The summed E-state index contributed by atoms with van der Waals surface area (Å²) in [6, 6.07) is 11.4. The molecule has 1 aromatic heterocycles. The average molecular weight is 646 g/mol. The number of hydrogen-bond acceptors (Lipinski definition) is 2. The van der Waals surface area contributed by atoms with E-state index in [1.165, 1.54) is 12.1 Å². The van der Waals surface area contributed by atoms with Gasteiger partial charge in [0.1, 0.15) is 34.6 Å². The normalized spacial score (nSPS) is 11.6. The molecule has 11 heteroatoms. The van der Waals surface area contributed by atoms with Crippen LogP contribution in [0, 0.1) is 40.7 Å². The van der Waals surface area contributed by atoms with E-state index in [2.05, 4.69) is 16.6 Å². The van der Waals surface area contributed by atoms with Crippen molar-refractivity contribution < 1.29 is 44.3 Å². The van der Waals surface area contributed by atoms with E-state index >= 15 is 4.39 Å². The van der Waals surface area contributed by atoms with E-state index in [4.69, 9.17) is 0 Å². The molecule has 0 radical (unpaired) electrons. The van der Waals surface area contributed by atoms with Gasteiger partial charge in [-0.25, -0.2) is 30.7 Å². The summed E-state index contributed by atoms with van der Waals surface area (Å²) in [5.74, 6) is -11.6. The minimum atomic E-state index is -4.68. The Morgan fingerprint density at radius 3 is 1.72 bits per heavy atom. The highest BCUT2D eigenvalue weighted by Crippen LogP contribution is 2.39. The molecule has 4 aromatic carbocycles. The Kier molecular flexibility index (Phi) is 9.41. The maximum atomic E-state index is 15.1. The molecule has 1 heterocycles. The van der Waals surface area contributed by atoms with Crippen LogP contribution >= 0.6 is 0 Å². The monoisotopic (exact) mass is 645 g/mol. The predicted octanol–water partition coefficient (Wildman–Crippen LogP) is 10.9. The Morgan fingerprint density at radius 1 is 0.609 bits per heavy atom. The fraction of sp³-hybridized carbons (Fsp3) is 0.171. The molecule has 0 saturated carbocycles. The Labute approximate surface area is 258 Å². The Morgan fingerprint density at radius 2 is 1.17 bits per heavy atom. The molecule has 5 aromatic rings.